The van der Waals surface area contributed by atoms with Crippen LogP contribution in [0, 0.1) is 12.8 Å². The van der Waals surface area contributed by atoms with Crippen LogP contribution in [0.3, 0.4) is 0 Å². The largest absolute Gasteiger partial charge is 0.326 e. The van der Waals surface area contributed by atoms with Gasteiger partial charge in [0, 0.05) is 21.7 Å². The van der Waals surface area contributed by atoms with E-state index >= 15 is 0 Å². The molecule has 1 aliphatic carbocycles. The fourth-order valence-corrected chi connectivity index (χ4v) is 4.49. The quantitative estimate of drug-likeness (QED) is 0.426. The van der Waals surface area contributed by atoms with Gasteiger partial charge < -0.3 is 5.32 Å². The number of halogens is 1. The highest BCUT2D eigenvalue weighted by molar-refractivity contribution is 7.21. The molecule has 4 rings (SSSR count). The van der Waals surface area contributed by atoms with Gasteiger partial charge in [0.25, 0.3) is 5.91 Å². The molecule has 2 N–H and O–H groups in total. The van der Waals surface area contributed by atoms with Crippen LogP contribution in [0.15, 0.2) is 47.6 Å². The Morgan fingerprint density at radius 3 is 2.72 bits per heavy atom. The summed E-state index contributed by atoms with van der Waals surface area (Å²) in [5.41, 5.74) is 5.88. The first-order chi connectivity index (χ1) is 13.9. The number of anilines is 1. The standard InChI is InChI=1S/C22H20ClN3O2S/c1-12-6-9-17-18(10-12)29-20(19(17)23)22(28)26-25-13(2)15-4-3-5-16(11-15)24-21(27)14-7-8-14/h3-6,9-11,14H,7-8H2,1-2H3,(H,24,27)(H,26,28). The van der Waals surface area contributed by atoms with E-state index in [1.807, 2.05) is 49.4 Å². The fraction of sp³-hybridized carbons (Fsp3) is 0.227. The molecule has 0 unspecified atom stereocenters. The van der Waals surface area contributed by atoms with Gasteiger partial charge in [0.05, 0.1) is 10.7 Å². The van der Waals surface area contributed by atoms with Gasteiger partial charge in [-0.2, -0.15) is 5.10 Å². The average Bonchev–Trinajstić information content (AvgIpc) is 3.50. The van der Waals surface area contributed by atoms with E-state index in [9.17, 15) is 9.59 Å². The van der Waals surface area contributed by atoms with Crippen LogP contribution in [-0.4, -0.2) is 17.5 Å². The summed E-state index contributed by atoms with van der Waals surface area (Å²) in [6.45, 7) is 3.81. The normalized spacial score (nSPS) is 14.1. The molecule has 0 spiro atoms. The summed E-state index contributed by atoms with van der Waals surface area (Å²) in [4.78, 5) is 25.0. The molecular weight excluding hydrogens is 406 g/mol. The number of rotatable bonds is 5. The predicted octanol–water partition coefficient (Wildman–Crippen LogP) is 5.37. The molecule has 0 aliphatic heterocycles. The van der Waals surface area contributed by atoms with Crippen LogP contribution in [0.5, 0.6) is 0 Å². The van der Waals surface area contributed by atoms with Crippen molar-refractivity contribution in [3.8, 4) is 0 Å². The van der Waals surface area contributed by atoms with Crippen LogP contribution in [0.2, 0.25) is 5.02 Å². The van der Waals surface area contributed by atoms with E-state index in [-0.39, 0.29) is 17.7 Å². The van der Waals surface area contributed by atoms with Crippen molar-refractivity contribution >= 4 is 56.2 Å². The number of hydrazone groups is 1. The van der Waals surface area contributed by atoms with Crippen LogP contribution < -0.4 is 10.7 Å². The average molecular weight is 426 g/mol. The maximum atomic E-state index is 12.6. The minimum atomic E-state index is -0.341. The van der Waals surface area contributed by atoms with Crippen molar-refractivity contribution in [3.05, 3.63) is 63.5 Å². The number of nitrogens with zero attached hydrogens (tertiary/aromatic N) is 1. The van der Waals surface area contributed by atoms with Crippen LogP contribution >= 0.6 is 22.9 Å². The highest BCUT2D eigenvalue weighted by atomic mass is 35.5. The monoisotopic (exact) mass is 425 g/mol. The van der Waals surface area contributed by atoms with Gasteiger partial charge in [0.1, 0.15) is 4.88 Å². The van der Waals surface area contributed by atoms with Crippen LogP contribution in [0.4, 0.5) is 5.69 Å². The van der Waals surface area contributed by atoms with E-state index in [1.54, 1.807) is 6.92 Å². The van der Waals surface area contributed by atoms with Crippen LogP contribution in [0.25, 0.3) is 10.1 Å². The maximum absolute atomic E-state index is 12.6. The second-order valence-corrected chi connectivity index (χ2v) is 8.66. The van der Waals surface area contributed by atoms with Crippen molar-refractivity contribution in [3.63, 3.8) is 0 Å². The third kappa shape index (κ3) is 4.33. The molecule has 3 aromatic rings. The molecule has 0 atom stereocenters. The third-order valence-electron chi connectivity index (χ3n) is 4.81. The van der Waals surface area contributed by atoms with Gasteiger partial charge in [0.2, 0.25) is 5.91 Å². The fourth-order valence-electron chi connectivity index (χ4n) is 2.98. The van der Waals surface area contributed by atoms with E-state index in [0.717, 1.165) is 39.7 Å². The second kappa shape index (κ2) is 7.97. The maximum Gasteiger partial charge on any atom is 0.283 e. The Morgan fingerprint density at radius 1 is 1.17 bits per heavy atom. The molecule has 0 bridgehead atoms. The van der Waals surface area contributed by atoms with Crippen molar-refractivity contribution in [1.82, 2.24) is 5.43 Å². The minimum absolute atomic E-state index is 0.0553. The predicted molar refractivity (Wildman–Crippen MR) is 119 cm³/mol. The summed E-state index contributed by atoms with van der Waals surface area (Å²) in [5.74, 6) is -0.145. The van der Waals surface area contributed by atoms with E-state index in [1.165, 1.54) is 11.3 Å². The molecule has 148 valence electrons. The lowest BCUT2D eigenvalue weighted by atomic mass is 10.1. The van der Waals surface area contributed by atoms with E-state index in [2.05, 4.69) is 15.8 Å². The van der Waals surface area contributed by atoms with Crippen molar-refractivity contribution in [2.75, 3.05) is 5.32 Å². The van der Waals surface area contributed by atoms with E-state index in [0.29, 0.717) is 15.6 Å². The first-order valence-corrected chi connectivity index (χ1v) is 10.6. The molecule has 1 aromatic heterocycles. The molecule has 2 amide bonds. The number of carbonyl (C=O) groups is 2. The number of aryl methyl sites for hydroxylation is 1. The topological polar surface area (TPSA) is 70.6 Å². The molecule has 7 heteroatoms. The Labute approximate surface area is 177 Å². The number of thiophene rings is 1. The summed E-state index contributed by atoms with van der Waals surface area (Å²) in [6, 6.07) is 13.3. The lowest BCUT2D eigenvalue weighted by molar-refractivity contribution is -0.117. The van der Waals surface area contributed by atoms with E-state index in [4.69, 9.17) is 11.6 Å². The van der Waals surface area contributed by atoms with Gasteiger partial charge in [-0.25, -0.2) is 5.43 Å². The summed E-state index contributed by atoms with van der Waals surface area (Å²) in [7, 11) is 0. The lowest BCUT2D eigenvalue weighted by Crippen LogP contribution is -2.18. The smallest absolute Gasteiger partial charge is 0.283 e. The molecule has 1 saturated carbocycles. The molecule has 1 heterocycles. The molecule has 0 saturated heterocycles. The van der Waals surface area contributed by atoms with Gasteiger partial charge in [-0.15, -0.1) is 11.3 Å². The zero-order chi connectivity index (χ0) is 20.5. The zero-order valence-electron chi connectivity index (χ0n) is 16.1. The van der Waals surface area contributed by atoms with E-state index < -0.39 is 0 Å². The van der Waals surface area contributed by atoms with Crippen molar-refractivity contribution in [1.29, 1.82) is 0 Å². The van der Waals surface area contributed by atoms with Gasteiger partial charge in [-0.1, -0.05) is 35.9 Å². The number of amides is 2. The lowest BCUT2D eigenvalue weighted by Gasteiger charge is -2.07. The van der Waals surface area contributed by atoms with Gasteiger partial charge in [-0.3, -0.25) is 9.59 Å². The highest BCUT2D eigenvalue weighted by Crippen LogP contribution is 2.35. The Kier molecular flexibility index (Phi) is 5.39. The molecule has 2 aromatic carbocycles. The molecular formula is C22H20ClN3O2S. The highest BCUT2D eigenvalue weighted by Gasteiger charge is 2.29. The Bertz CT molecular complexity index is 1150. The number of benzene rings is 2. The first-order valence-electron chi connectivity index (χ1n) is 9.37. The van der Waals surface area contributed by atoms with Gasteiger partial charge in [-0.05, 0) is 56.0 Å². The summed E-state index contributed by atoms with van der Waals surface area (Å²) >= 11 is 7.75. The Morgan fingerprint density at radius 2 is 1.97 bits per heavy atom. The number of hydrogen-bond donors (Lipinski definition) is 2. The summed E-state index contributed by atoms with van der Waals surface area (Å²) in [5, 5.41) is 8.45. The molecule has 1 fully saturated rings. The molecule has 1 aliphatic rings. The van der Waals surface area contributed by atoms with Crippen LogP contribution in [0.1, 0.15) is 40.6 Å². The van der Waals surface area contributed by atoms with Crippen molar-refractivity contribution in [2.45, 2.75) is 26.7 Å². The van der Waals surface area contributed by atoms with Crippen LogP contribution in [-0.2, 0) is 4.79 Å². The number of hydrogen-bond acceptors (Lipinski definition) is 4. The number of fused-ring (bicyclic) bond motifs is 1. The number of nitrogens with one attached hydrogen (secondary N) is 2. The Balaban J connectivity index is 1.49. The number of carbonyl (C=O) groups excluding carboxylic acids is 2. The molecule has 5 nitrogen and oxygen atoms in total. The SMILES string of the molecule is CC(=NNC(=O)c1sc2cc(C)ccc2c1Cl)c1cccc(NC(=O)C2CC2)c1. The summed E-state index contributed by atoms with van der Waals surface area (Å²) in [6.07, 6.45) is 1.91. The Hall–Kier alpha value is -2.70. The van der Waals surface area contributed by atoms with Gasteiger partial charge >= 0.3 is 0 Å². The van der Waals surface area contributed by atoms with Crippen molar-refractivity contribution < 1.29 is 9.59 Å². The second-order valence-electron chi connectivity index (χ2n) is 7.23. The summed E-state index contributed by atoms with van der Waals surface area (Å²) < 4.78 is 0.972. The first kappa shape index (κ1) is 19.6. The van der Waals surface area contributed by atoms with Gasteiger partial charge in [0.15, 0.2) is 0 Å². The molecule has 0 radical (unpaired) electrons. The zero-order valence-corrected chi connectivity index (χ0v) is 17.7. The minimum Gasteiger partial charge on any atom is -0.326 e. The van der Waals surface area contributed by atoms with Crippen molar-refractivity contribution in [2.24, 2.45) is 11.0 Å². The molecule has 29 heavy (non-hydrogen) atoms. The third-order valence-corrected chi connectivity index (χ3v) is 6.47.